The summed E-state index contributed by atoms with van der Waals surface area (Å²) in [5, 5.41) is 8.88. The molecule has 1 rings (SSSR count). The zero-order chi connectivity index (χ0) is 9.90. The van der Waals surface area contributed by atoms with Crippen molar-refractivity contribution in [3.63, 3.8) is 0 Å². The van der Waals surface area contributed by atoms with Crippen molar-refractivity contribution < 1.29 is 9.90 Å². The third-order valence-corrected chi connectivity index (χ3v) is 1.95. The summed E-state index contributed by atoms with van der Waals surface area (Å²) in [5.41, 5.74) is 0.234. The second-order valence-electron chi connectivity index (χ2n) is 3.73. The number of nitrogens with zero attached hydrogens (tertiary/aromatic N) is 1. The van der Waals surface area contributed by atoms with Gasteiger partial charge in [0.05, 0.1) is 5.41 Å². The molecule has 0 fully saturated rings. The van der Waals surface area contributed by atoms with Crippen molar-refractivity contribution in [3.8, 4) is 0 Å². The molecule has 0 bridgehead atoms. The first kappa shape index (κ1) is 12.9. The molecule has 0 saturated carbocycles. The molecule has 78 valence electrons. The number of rotatable bonds is 3. The van der Waals surface area contributed by atoms with E-state index in [1.54, 1.807) is 26.2 Å². The van der Waals surface area contributed by atoms with Gasteiger partial charge in [-0.15, -0.1) is 12.4 Å². The number of carbonyl (C=O) groups is 1. The van der Waals surface area contributed by atoms with E-state index in [1.165, 1.54) is 0 Å². The van der Waals surface area contributed by atoms with Crippen molar-refractivity contribution in [1.82, 2.24) is 4.98 Å². The van der Waals surface area contributed by atoms with Crippen molar-refractivity contribution >= 4 is 18.4 Å². The largest absolute Gasteiger partial charge is 0.481 e. The fraction of sp³-hybridized carbons (Fsp3) is 0.400. The van der Waals surface area contributed by atoms with Gasteiger partial charge in [0.25, 0.3) is 0 Å². The number of halogens is 1. The van der Waals surface area contributed by atoms with Gasteiger partial charge in [-0.25, -0.2) is 0 Å². The molecule has 14 heavy (non-hydrogen) atoms. The van der Waals surface area contributed by atoms with Gasteiger partial charge in [0.1, 0.15) is 0 Å². The number of carboxylic acid groups (broad SMARTS) is 1. The van der Waals surface area contributed by atoms with Gasteiger partial charge < -0.3 is 5.11 Å². The van der Waals surface area contributed by atoms with E-state index in [1.807, 2.05) is 12.1 Å². The first-order chi connectivity index (χ1) is 6.02. The lowest BCUT2D eigenvalue weighted by Crippen LogP contribution is -2.26. The van der Waals surface area contributed by atoms with Crippen molar-refractivity contribution in [2.75, 3.05) is 0 Å². The Kier molecular flexibility index (Phi) is 4.57. The highest BCUT2D eigenvalue weighted by Crippen LogP contribution is 2.21. The Bertz CT molecular complexity index is 298. The molecule has 1 heterocycles. The lowest BCUT2D eigenvalue weighted by atomic mass is 9.86. The second kappa shape index (κ2) is 4.96. The molecule has 0 unspecified atom stereocenters. The van der Waals surface area contributed by atoms with Crippen LogP contribution < -0.4 is 0 Å². The monoisotopic (exact) mass is 215 g/mol. The van der Waals surface area contributed by atoms with Crippen LogP contribution in [0, 0.1) is 5.41 Å². The highest BCUT2D eigenvalue weighted by molar-refractivity contribution is 5.85. The molecule has 0 aliphatic carbocycles. The van der Waals surface area contributed by atoms with Gasteiger partial charge in [-0.2, -0.15) is 0 Å². The quantitative estimate of drug-likeness (QED) is 0.841. The second-order valence-corrected chi connectivity index (χ2v) is 3.73. The maximum Gasteiger partial charge on any atom is 0.309 e. The van der Waals surface area contributed by atoms with E-state index in [4.69, 9.17) is 5.11 Å². The molecule has 0 aromatic carbocycles. The first-order valence-electron chi connectivity index (χ1n) is 4.15. The van der Waals surface area contributed by atoms with Crippen LogP contribution in [0.2, 0.25) is 0 Å². The Balaban J connectivity index is 0.00000169. The Morgan fingerprint density at radius 2 is 2.21 bits per heavy atom. The minimum absolute atomic E-state index is 0. The molecule has 0 aliphatic heterocycles. The molecule has 0 radical (unpaired) electrons. The van der Waals surface area contributed by atoms with Crippen molar-refractivity contribution in [3.05, 3.63) is 30.1 Å². The van der Waals surface area contributed by atoms with Crippen LogP contribution in [0.25, 0.3) is 0 Å². The first-order valence-corrected chi connectivity index (χ1v) is 4.15. The summed E-state index contributed by atoms with van der Waals surface area (Å²) in [6.07, 6.45) is 3.89. The zero-order valence-corrected chi connectivity index (χ0v) is 9.04. The van der Waals surface area contributed by atoms with Crippen LogP contribution in [0.5, 0.6) is 0 Å². The van der Waals surface area contributed by atoms with E-state index < -0.39 is 11.4 Å². The van der Waals surface area contributed by atoms with E-state index in [-0.39, 0.29) is 12.4 Å². The van der Waals surface area contributed by atoms with Gasteiger partial charge in [-0.1, -0.05) is 6.07 Å². The molecular weight excluding hydrogens is 202 g/mol. The minimum atomic E-state index is -0.781. The summed E-state index contributed by atoms with van der Waals surface area (Å²) in [5.74, 6) is -0.781. The number of hydrogen-bond acceptors (Lipinski definition) is 2. The summed E-state index contributed by atoms with van der Waals surface area (Å²) < 4.78 is 0. The predicted molar refractivity (Wildman–Crippen MR) is 56.6 cm³/mol. The van der Waals surface area contributed by atoms with E-state index in [0.717, 1.165) is 5.56 Å². The van der Waals surface area contributed by atoms with Gasteiger partial charge in [0.2, 0.25) is 0 Å². The van der Waals surface area contributed by atoms with Crippen LogP contribution in [-0.2, 0) is 11.2 Å². The summed E-state index contributed by atoms with van der Waals surface area (Å²) in [6.45, 7) is 3.42. The molecule has 0 aliphatic rings. The molecule has 1 aromatic rings. The Hall–Kier alpha value is -1.09. The number of pyridine rings is 1. The van der Waals surface area contributed by atoms with Crippen LogP contribution in [0.1, 0.15) is 19.4 Å². The molecule has 0 saturated heterocycles. The van der Waals surface area contributed by atoms with Gasteiger partial charge in [-0.05, 0) is 31.9 Å². The van der Waals surface area contributed by atoms with Crippen molar-refractivity contribution in [1.29, 1.82) is 0 Å². The number of aromatic nitrogens is 1. The summed E-state index contributed by atoms with van der Waals surface area (Å²) in [4.78, 5) is 14.7. The molecule has 3 nitrogen and oxygen atoms in total. The average molecular weight is 216 g/mol. The Morgan fingerprint density at radius 3 is 2.64 bits per heavy atom. The molecule has 1 N–H and O–H groups in total. The standard InChI is InChI=1S/C10H13NO2.ClH/c1-10(2,9(12)13)6-8-4-3-5-11-7-8;/h3-5,7H,6H2,1-2H3,(H,12,13);1H. The normalized spacial score (nSPS) is 10.4. The Morgan fingerprint density at radius 1 is 1.57 bits per heavy atom. The summed E-state index contributed by atoms with van der Waals surface area (Å²) in [6, 6.07) is 3.70. The third-order valence-electron chi connectivity index (χ3n) is 1.95. The lowest BCUT2D eigenvalue weighted by molar-refractivity contribution is -0.146. The predicted octanol–water partition coefficient (Wildman–Crippen LogP) is 2.16. The van der Waals surface area contributed by atoms with Crippen molar-refractivity contribution in [2.24, 2.45) is 5.41 Å². The van der Waals surface area contributed by atoms with Crippen LogP contribution in [0.3, 0.4) is 0 Å². The topological polar surface area (TPSA) is 50.2 Å². The van der Waals surface area contributed by atoms with Crippen LogP contribution in [0.15, 0.2) is 24.5 Å². The number of carboxylic acids is 1. The maximum atomic E-state index is 10.8. The highest BCUT2D eigenvalue weighted by atomic mass is 35.5. The van der Waals surface area contributed by atoms with Crippen LogP contribution in [0.4, 0.5) is 0 Å². The maximum absolute atomic E-state index is 10.8. The van der Waals surface area contributed by atoms with Gasteiger partial charge >= 0.3 is 5.97 Å². The Labute approximate surface area is 89.6 Å². The SMILES string of the molecule is CC(C)(Cc1cccnc1)C(=O)O.Cl. The van der Waals surface area contributed by atoms with E-state index in [2.05, 4.69) is 4.98 Å². The smallest absolute Gasteiger partial charge is 0.309 e. The molecule has 0 spiro atoms. The average Bonchev–Trinajstić information content (AvgIpc) is 2.05. The van der Waals surface area contributed by atoms with E-state index in [0.29, 0.717) is 6.42 Å². The van der Waals surface area contributed by atoms with Crippen molar-refractivity contribution in [2.45, 2.75) is 20.3 Å². The minimum Gasteiger partial charge on any atom is -0.481 e. The van der Waals surface area contributed by atoms with Gasteiger partial charge in [-0.3, -0.25) is 9.78 Å². The van der Waals surface area contributed by atoms with Crippen LogP contribution in [-0.4, -0.2) is 16.1 Å². The number of hydrogen-bond donors (Lipinski definition) is 1. The number of aliphatic carboxylic acids is 1. The van der Waals surface area contributed by atoms with Crippen LogP contribution >= 0.6 is 12.4 Å². The van der Waals surface area contributed by atoms with Gasteiger partial charge in [0, 0.05) is 12.4 Å². The molecular formula is C10H14ClNO2. The van der Waals surface area contributed by atoms with E-state index >= 15 is 0 Å². The highest BCUT2D eigenvalue weighted by Gasteiger charge is 2.27. The van der Waals surface area contributed by atoms with Gasteiger partial charge in [0.15, 0.2) is 0 Å². The zero-order valence-electron chi connectivity index (χ0n) is 8.23. The molecule has 4 heteroatoms. The fourth-order valence-corrected chi connectivity index (χ4v) is 1.09. The summed E-state index contributed by atoms with van der Waals surface area (Å²) in [7, 11) is 0. The molecule has 0 amide bonds. The lowest BCUT2D eigenvalue weighted by Gasteiger charge is -2.18. The molecule has 1 aromatic heterocycles. The fourth-order valence-electron chi connectivity index (χ4n) is 1.09. The van der Waals surface area contributed by atoms with E-state index in [9.17, 15) is 4.79 Å². The molecule has 0 atom stereocenters. The summed E-state index contributed by atoms with van der Waals surface area (Å²) >= 11 is 0. The third kappa shape index (κ3) is 3.34.